The first-order valence-corrected chi connectivity index (χ1v) is 15.2. The molecule has 214 valence electrons. The van der Waals surface area contributed by atoms with E-state index in [-0.39, 0.29) is 29.6 Å². The number of rotatable bonds is 12. The van der Waals surface area contributed by atoms with Crippen LogP contribution < -0.4 is 9.62 Å². The monoisotopic (exact) mass is 607 g/mol. The second-order valence-corrected chi connectivity index (χ2v) is 12.6. The second kappa shape index (κ2) is 14.0. The summed E-state index contributed by atoms with van der Waals surface area (Å²) in [6, 6.07) is 18.2. The van der Waals surface area contributed by atoms with E-state index in [0.29, 0.717) is 21.4 Å². The van der Waals surface area contributed by atoms with Gasteiger partial charge in [-0.25, -0.2) is 12.8 Å². The molecule has 0 aromatic heterocycles. The zero-order valence-electron chi connectivity index (χ0n) is 22.5. The third kappa shape index (κ3) is 8.68. The van der Waals surface area contributed by atoms with Crippen molar-refractivity contribution < 1.29 is 22.4 Å². The Hall–Kier alpha value is -3.14. The van der Waals surface area contributed by atoms with E-state index in [1.54, 1.807) is 12.1 Å². The maximum absolute atomic E-state index is 14.7. The smallest absolute Gasteiger partial charge is 0.244 e. The van der Waals surface area contributed by atoms with Crippen molar-refractivity contribution in [2.24, 2.45) is 5.92 Å². The third-order valence-electron chi connectivity index (χ3n) is 6.11. The minimum atomic E-state index is -4.08. The summed E-state index contributed by atoms with van der Waals surface area (Å²) in [5.41, 5.74) is 1.03. The molecule has 1 N–H and O–H groups in total. The van der Waals surface area contributed by atoms with Crippen molar-refractivity contribution in [2.45, 2.75) is 32.9 Å². The minimum absolute atomic E-state index is 0.115. The summed E-state index contributed by atoms with van der Waals surface area (Å²) < 4.78 is 40.9. The molecule has 0 heterocycles. The molecule has 0 aliphatic rings. The van der Waals surface area contributed by atoms with Crippen LogP contribution in [0.1, 0.15) is 25.0 Å². The molecule has 11 heteroatoms. The van der Waals surface area contributed by atoms with Gasteiger partial charge in [0, 0.05) is 29.6 Å². The molecule has 2 amide bonds. The molecule has 0 spiro atoms. The molecule has 0 aliphatic heterocycles. The van der Waals surface area contributed by atoms with Gasteiger partial charge in [0.05, 0.1) is 11.9 Å². The van der Waals surface area contributed by atoms with E-state index in [1.165, 1.54) is 29.2 Å². The number of sulfonamides is 1. The Labute approximate surface area is 244 Å². The van der Waals surface area contributed by atoms with Crippen LogP contribution in [-0.4, -0.2) is 50.5 Å². The summed E-state index contributed by atoms with van der Waals surface area (Å²) in [6.07, 6.45) is 1.05. The van der Waals surface area contributed by atoms with Crippen LogP contribution in [0.4, 0.5) is 10.1 Å². The van der Waals surface area contributed by atoms with E-state index < -0.39 is 40.2 Å². The number of nitrogens with one attached hydrogen (secondary N) is 1. The van der Waals surface area contributed by atoms with Crippen LogP contribution in [0.3, 0.4) is 0 Å². The number of hydrogen-bond donors (Lipinski definition) is 1. The Morgan fingerprint density at radius 1 is 0.975 bits per heavy atom. The Bertz CT molecular complexity index is 1440. The van der Waals surface area contributed by atoms with Crippen LogP contribution in [0, 0.1) is 11.7 Å². The maximum atomic E-state index is 14.7. The first-order valence-electron chi connectivity index (χ1n) is 12.6. The van der Waals surface area contributed by atoms with Crippen molar-refractivity contribution in [1.82, 2.24) is 10.2 Å². The van der Waals surface area contributed by atoms with E-state index in [9.17, 15) is 22.4 Å². The van der Waals surface area contributed by atoms with Gasteiger partial charge in [0.1, 0.15) is 18.4 Å². The van der Waals surface area contributed by atoms with Crippen molar-refractivity contribution in [3.05, 3.63) is 99.8 Å². The van der Waals surface area contributed by atoms with Crippen LogP contribution in [0.5, 0.6) is 0 Å². The van der Waals surface area contributed by atoms with Gasteiger partial charge in [0.2, 0.25) is 21.8 Å². The molecule has 1 unspecified atom stereocenters. The molecule has 0 bridgehead atoms. The number of para-hydroxylation sites is 1. The molecular weight excluding hydrogens is 576 g/mol. The molecule has 1 atom stereocenters. The first-order chi connectivity index (χ1) is 18.9. The number of benzene rings is 3. The van der Waals surface area contributed by atoms with Crippen molar-refractivity contribution in [3.8, 4) is 0 Å². The number of anilines is 1. The number of carbonyl (C=O) groups excluding carboxylic acids is 2. The molecule has 0 saturated carbocycles. The molecule has 3 rings (SSSR count). The van der Waals surface area contributed by atoms with Crippen LogP contribution in [-0.2, 0) is 32.6 Å². The van der Waals surface area contributed by atoms with Crippen LogP contribution in [0.15, 0.2) is 72.8 Å². The topological polar surface area (TPSA) is 86.8 Å². The fraction of sp³-hybridized carbons (Fsp3) is 0.310. The normalized spacial score (nSPS) is 12.2. The average molecular weight is 609 g/mol. The van der Waals surface area contributed by atoms with Gasteiger partial charge in [-0.05, 0) is 41.3 Å². The molecule has 0 saturated heterocycles. The molecule has 7 nitrogen and oxygen atoms in total. The van der Waals surface area contributed by atoms with E-state index in [1.807, 2.05) is 44.2 Å². The van der Waals surface area contributed by atoms with Crippen LogP contribution in [0.2, 0.25) is 10.0 Å². The number of hydrogen-bond acceptors (Lipinski definition) is 4. The van der Waals surface area contributed by atoms with E-state index in [2.05, 4.69) is 5.32 Å². The maximum Gasteiger partial charge on any atom is 0.244 e. The highest BCUT2D eigenvalue weighted by Crippen LogP contribution is 2.26. The van der Waals surface area contributed by atoms with Gasteiger partial charge in [-0.1, -0.05) is 85.6 Å². The number of nitrogens with zero attached hydrogens (tertiary/aromatic N) is 2. The zero-order valence-corrected chi connectivity index (χ0v) is 24.8. The van der Waals surface area contributed by atoms with Gasteiger partial charge in [0.15, 0.2) is 0 Å². The lowest BCUT2D eigenvalue weighted by molar-refractivity contribution is -0.140. The molecule has 0 radical (unpaired) electrons. The summed E-state index contributed by atoms with van der Waals surface area (Å²) in [5.74, 6) is -1.77. The highest BCUT2D eigenvalue weighted by atomic mass is 35.5. The van der Waals surface area contributed by atoms with Crippen LogP contribution in [0.25, 0.3) is 0 Å². The van der Waals surface area contributed by atoms with E-state index in [0.717, 1.165) is 17.9 Å². The fourth-order valence-corrected chi connectivity index (χ4v) is 5.38. The van der Waals surface area contributed by atoms with E-state index >= 15 is 0 Å². The standard InChI is InChI=1S/C29H32Cl2FN3O4S/c1-20(2)17-33-29(37)27(15-21-9-5-4-6-10-21)34(18-22-13-14-23(30)16-24(22)31)28(36)19-35(40(3,38)39)26-12-8-7-11-25(26)32/h4-14,16,20,27H,15,17-19H2,1-3H3,(H,33,37). The first kappa shape index (κ1) is 31.4. The molecule has 0 aliphatic carbocycles. The Morgan fingerprint density at radius 2 is 1.62 bits per heavy atom. The highest BCUT2D eigenvalue weighted by molar-refractivity contribution is 7.92. The Kier molecular flexibility index (Phi) is 11.0. The van der Waals surface area contributed by atoms with Crippen molar-refractivity contribution in [1.29, 1.82) is 0 Å². The van der Waals surface area contributed by atoms with Crippen molar-refractivity contribution >= 4 is 50.7 Å². The molecule has 3 aromatic rings. The lowest BCUT2D eigenvalue weighted by atomic mass is 10.0. The van der Waals surface area contributed by atoms with Crippen molar-refractivity contribution in [2.75, 3.05) is 23.7 Å². The molecule has 3 aromatic carbocycles. The van der Waals surface area contributed by atoms with Crippen molar-refractivity contribution in [3.63, 3.8) is 0 Å². The van der Waals surface area contributed by atoms with Gasteiger partial charge in [-0.3, -0.25) is 13.9 Å². The third-order valence-corrected chi connectivity index (χ3v) is 7.83. The summed E-state index contributed by atoms with van der Waals surface area (Å²) in [7, 11) is -4.08. The fourth-order valence-electron chi connectivity index (χ4n) is 4.06. The predicted molar refractivity (Wildman–Crippen MR) is 157 cm³/mol. The summed E-state index contributed by atoms with van der Waals surface area (Å²) >= 11 is 12.5. The number of amides is 2. The number of halogens is 3. The molecular formula is C29H32Cl2FN3O4S. The summed E-state index contributed by atoms with van der Waals surface area (Å²) in [5, 5.41) is 3.56. The van der Waals surface area contributed by atoms with Gasteiger partial charge in [-0.15, -0.1) is 0 Å². The summed E-state index contributed by atoms with van der Waals surface area (Å²) in [6.45, 7) is 3.42. The predicted octanol–water partition coefficient (Wildman–Crippen LogP) is 5.31. The zero-order chi connectivity index (χ0) is 29.4. The lowest BCUT2D eigenvalue weighted by Crippen LogP contribution is -2.53. The van der Waals surface area contributed by atoms with E-state index in [4.69, 9.17) is 23.2 Å². The van der Waals surface area contributed by atoms with Gasteiger partial charge >= 0.3 is 0 Å². The minimum Gasteiger partial charge on any atom is -0.354 e. The lowest BCUT2D eigenvalue weighted by Gasteiger charge is -2.34. The largest absolute Gasteiger partial charge is 0.354 e. The quantitative estimate of drug-likeness (QED) is 0.302. The second-order valence-electron chi connectivity index (χ2n) is 9.82. The average Bonchev–Trinajstić information content (AvgIpc) is 2.89. The summed E-state index contributed by atoms with van der Waals surface area (Å²) in [4.78, 5) is 28.9. The Morgan fingerprint density at radius 3 is 2.23 bits per heavy atom. The number of carbonyl (C=O) groups is 2. The SMILES string of the molecule is CC(C)CNC(=O)C(Cc1ccccc1)N(Cc1ccc(Cl)cc1Cl)C(=O)CN(c1ccccc1F)S(C)(=O)=O. The molecule has 40 heavy (non-hydrogen) atoms. The van der Waals surface area contributed by atoms with Gasteiger partial charge in [0.25, 0.3) is 0 Å². The highest BCUT2D eigenvalue weighted by Gasteiger charge is 2.34. The Balaban J connectivity index is 2.08. The molecule has 0 fully saturated rings. The van der Waals surface area contributed by atoms with Crippen LogP contribution >= 0.6 is 23.2 Å². The van der Waals surface area contributed by atoms with Gasteiger partial charge in [-0.2, -0.15) is 0 Å². The van der Waals surface area contributed by atoms with Gasteiger partial charge < -0.3 is 10.2 Å².